The summed E-state index contributed by atoms with van der Waals surface area (Å²) in [6, 6.07) is 18.9. The molecular weight excluding hydrogens is 381 g/mol. The first-order chi connectivity index (χ1) is 13.8. The highest BCUT2D eigenvalue weighted by atomic mass is 19.4. The van der Waals surface area contributed by atoms with Crippen LogP contribution in [0.2, 0.25) is 0 Å². The number of halogens is 3. The minimum atomic E-state index is -4.39. The van der Waals surface area contributed by atoms with Crippen LogP contribution < -0.4 is 4.74 Å². The number of rotatable bonds is 4. The number of hydrogen-bond donors (Lipinski definition) is 1. The van der Waals surface area contributed by atoms with Crippen molar-refractivity contribution >= 4 is 5.97 Å². The van der Waals surface area contributed by atoms with E-state index in [1.54, 1.807) is 48.5 Å². The average molecular weight is 396 g/mol. The molecule has 3 nitrogen and oxygen atoms in total. The van der Waals surface area contributed by atoms with Gasteiger partial charge in [0, 0.05) is 11.5 Å². The molecule has 146 valence electrons. The Balaban J connectivity index is 1.71. The van der Waals surface area contributed by atoms with E-state index in [9.17, 15) is 18.0 Å². The Morgan fingerprint density at radius 3 is 2.24 bits per heavy atom. The van der Waals surface area contributed by atoms with Crippen LogP contribution in [0.15, 0.2) is 72.8 Å². The van der Waals surface area contributed by atoms with Crippen LogP contribution in [0.3, 0.4) is 0 Å². The molecule has 3 rings (SSSR count). The molecule has 0 bridgehead atoms. The van der Waals surface area contributed by atoms with E-state index in [1.807, 2.05) is 12.0 Å². The lowest BCUT2D eigenvalue weighted by atomic mass is 10.0. The summed E-state index contributed by atoms with van der Waals surface area (Å²) >= 11 is 0. The molecule has 0 aliphatic carbocycles. The largest absolute Gasteiger partial charge is 0.489 e. The Morgan fingerprint density at radius 1 is 0.931 bits per heavy atom. The maximum atomic E-state index is 12.9. The molecule has 3 aromatic carbocycles. The van der Waals surface area contributed by atoms with Gasteiger partial charge in [-0.3, -0.25) is 0 Å². The number of alkyl halides is 3. The Labute approximate surface area is 165 Å². The van der Waals surface area contributed by atoms with Gasteiger partial charge in [-0.15, -0.1) is 0 Å². The lowest BCUT2D eigenvalue weighted by molar-refractivity contribution is -0.137. The second-order valence-corrected chi connectivity index (χ2v) is 6.15. The van der Waals surface area contributed by atoms with Crippen LogP contribution in [-0.4, -0.2) is 11.1 Å². The van der Waals surface area contributed by atoms with E-state index >= 15 is 0 Å². The minimum Gasteiger partial charge on any atom is -0.489 e. The Bertz CT molecular complexity index is 1070. The third-order valence-electron chi connectivity index (χ3n) is 4.02. The highest BCUT2D eigenvalue weighted by Crippen LogP contribution is 2.32. The van der Waals surface area contributed by atoms with Crippen molar-refractivity contribution in [2.24, 2.45) is 0 Å². The van der Waals surface area contributed by atoms with Crippen LogP contribution in [0.25, 0.3) is 11.1 Å². The summed E-state index contributed by atoms with van der Waals surface area (Å²) < 4.78 is 44.5. The minimum absolute atomic E-state index is 0.229. The lowest BCUT2D eigenvalue weighted by Crippen LogP contribution is -2.04. The third kappa shape index (κ3) is 5.63. The average Bonchev–Trinajstić information content (AvgIpc) is 2.71. The summed E-state index contributed by atoms with van der Waals surface area (Å²) in [6.45, 7) is 0.229. The summed E-state index contributed by atoms with van der Waals surface area (Å²) in [4.78, 5) is 10.4. The van der Waals surface area contributed by atoms with Gasteiger partial charge in [0.1, 0.15) is 12.4 Å². The standard InChI is InChI=1S/C23H15F3O3/c24-23(25,26)20-6-2-5-19(14-20)18-4-1-3-17(13-18)15-29-21-10-7-16(8-11-21)9-12-22(27)28/h1-8,10-11,13-14H,15H2,(H,27,28). The molecule has 0 aliphatic heterocycles. The number of carboxylic acids is 1. The SMILES string of the molecule is O=C(O)C#Cc1ccc(OCc2cccc(-c3cccc(C(F)(F)F)c3)c2)cc1. The number of aliphatic carboxylic acids is 1. The molecule has 0 saturated heterocycles. The van der Waals surface area contributed by atoms with Crippen molar-refractivity contribution in [3.8, 4) is 28.7 Å². The predicted octanol–water partition coefficient (Wildman–Crippen LogP) is 5.39. The van der Waals surface area contributed by atoms with Crippen molar-refractivity contribution in [1.29, 1.82) is 0 Å². The van der Waals surface area contributed by atoms with E-state index < -0.39 is 17.7 Å². The molecule has 0 atom stereocenters. The molecule has 0 saturated carbocycles. The van der Waals surface area contributed by atoms with E-state index in [4.69, 9.17) is 9.84 Å². The van der Waals surface area contributed by atoms with E-state index in [0.717, 1.165) is 17.7 Å². The molecule has 0 radical (unpaired) electrons. The second-order valence-electron chi connectivity index (χ2n) is 6.15. The first-order valence-electron chi connectivity index (χ1n) is 8.56. The quantitative estimate of drug-likeness (QED) is 0.602. The molecule has 29 heavy (non-hydrogen) atoms. The number of ether oxygens (including phenoxy) is 1. The van der Waals surface area contributed by atoms with E-state index in [2.05, 4.69) is 5.92 Å². The van der Waals surface area contributed by atoms with Crippen LogP contribution >= 0.6 is 0 Å². The molecular formula is C23H15F3O3. The fourth-order valence-electron chi connectivity index (χ4n) is 2.64. The molecule has 1 N–H and O–H groups in total. The summed E-state index contributed by atoms with van der Waals surface area (Å²) in [7, 11) is 0. The fraction of sp³-hybridized carbons (Fsp3) is 0.0870. The van der Waals surface area contributed by atoms with Crippen molar-refractivity contribution in [3.05, 3.63) is 89.5 Å². The molecule has 0 spiro atoms. The summed E-state index contributed by atoms with van der Waals surface area (Å²) in [5.74, 6) is 3.89. The van der Waals surface area contributed by atoms with Gasteiger partial charge in [-0.1, -0.05) is 36.3 Å². The molecule has 0 unspecified atom stereocenters. The van der Waals surface area contributed by atoms with Crippen molar-refractivity contribution in [3.63, 3.8) is 0 Å². The molecule has 0 fully saturated rings. The monoisotopic (exact) mass is 396 g/mol. The molecule has 0 aromatic heterocycles. The second kappa shape index (κ2) is 8.53. The van der Waals surface area contributed by atoms with Gasteiger partial charge in [0.2, 0.25) is 0 Å². The van der Waals surface area contributed by atoms with Gasteiger partial charge in [0.25, 0.3) is 0 Å². The van der Waals surface area contributed by atoms with Crippen LogP contribution in [0.5, 0.6) is 5.75 Å². The highest BCUT2D eigenvalue weighted by molar-refractivity contribution is 5.87. The first-order valence-corrected chi connectivity index (χ1v) is 8.56. The fourth-order valence-corrected chi connectivity index (χ4v) is 2.64. The maximum absolute atomic E-state index is 12.9. The van der Waals surface area contributed by atoms with Gasteiger partial charge in [0.05, 0.1) is 5.56 Å². The first kappa shape index (κ1) is 20.0. The Hall–Kier alpha value is -3.72. The van der Waals surface area contributed by atoms with Crippen LogP contribution in [-0.2, 0) is 17.6 Å². The predicted molar refractivity (Wildman–Crippen MR) is 102 cm³/mol. The van der Waals surface area contributed by atoms with Crippen molar-refractivity contribution in [2.75, 3.05) is 0 Å². The lowest BCUT2D eigenvalue weighted by Gasteiger charge is -2.11. The van der Waals surface area contributed by atoms with E-state index in [1.165, 1.54) is 6.07 Å². The Kier molecular flexibility index (Phi) is 5.89. The number of carbonyl (C=O) groups is 1. The summed E-state index contributed by atoms with van der Waals surface area (Å²) in [5.41, 5.74) is 1.79. The van der Waals surface area contributed by atoms with Crippen LogP contribution in [0.4, 0.5) is 13.2 Å². The number of benzene rings is 3. The third-order valence-corrected chi connectivity index (χ3v) is 4.02. The maximum Gasteiger partial charge on any atom is 0.416 e. The number of carboxylic acid groups (broad SMARTS) is 1. The van der Waals surface area contributed by atoms with Crippen LogP contribution in [0.1, 0.15) is 16.7 Å². The smallest absolute Gasteiger partial charge is 0.416 e. The highest BCUT2D eigenvalue weighted by Gasteiger charge is 2.30. The topological polar surface area (TPSA) is 46.5 Å². The molecule has 6 heteroatoms. The van der Waals surface area contributed by atoms with Gasteiger partial charge >= 0.3 is 12.1 Å². The van der Waals surface area contributed by atoms with Gasteiger partial charge in [-0.25, -0.2) is 4.79 Å². The van der Waals surface area contributed by atoms with Gasteiger partial charge in [0.15, 0.2) is 0 Å². The zero-order valence-corrected chi connectivity index (χ0v) is 15.0. The molecule has 0 heterocycles. The zero-order valence-electron chi connectivity index (χ0n) is 15.0. The normalized spacial score (nSPS) is 10.7. The Morgan fingerprint density at radius 2 is 1.59 bits per heavy atom. The van der Waals surface area contributed by atoms with Gasteiger partial charge in [-0.05, 0) is 59.2 Å². The molecule has 3 aromatic rings. The van der Waals surface area contributed by atoms with E-state index in [0.29, 0.717) is 22.4 Å². The van der Waals surface area contributed by atoms with Crippen molar-refractivity contribution in [1.82, 2.24) is 0 Å². The molecule has 0 aliphatic rings. The van der Waals surface area contributed by atoms with E-state index in [-0.39, 0.29) is 6.61 Å². The molecule has 0 amide bonds. The number of hydrogen-bond acceptors (Lipinski definition) is 2. The summed E-state index contributed by atoms with van der Waals surface area (Å²) in [5, 5.41) is 8.55. The zero-order chi connectivity index (χ0) is 20.9. The van der Waals surface area contributed by atoms with Crippen LogP contribution in [0, 0.1) is 11.8 Å². The summed E-state index contributed by atoms with van der Waals surface area (Å²) in [6.07, 6.45) is -4.39. The van der Waals surface area contributed by atoms with Crippen molar-refractivity contribution < 1.29 is 27.8 Å². The van der Waals surface area contributed by atoms with Crippen molar-refractivity contribution in [2.45, 2.75) is 12.8 Å². The van der Waals surface area contributed by atoms with Gasteiger partial charge in [-0.2, -0.15) is 13.2 Å². The van der Waals surface area contributed by atoms with Gasteiger partial charge < -0.3 is 9.84 Å².